The Morgan fingerprint density at radius 3 is 2.44 bits per heavy atom. The molecular weight excluding hydrogens is 464 g/mol. The number of morpholine rings is 1. The van der Waals surface area contributed by atoms with Crippen LogP contribution in [0.1, 0.15) is 25.8 Å². The van der Waals surface area contributed by atoms with Crippen LogP contribution in [-0.2, 0) is 14.2 Å². The number of carbonyl (C=O) groups excluding carboxylic acids is 1. The molecule has 2 aliphatic heterocycles. The summed E-state index contributed by atoms with van der Waals surface area (Å²) in [6.07, 6.45) is -1.52. The third-order valence-electron chi connectivity index (χ3n) is 5.67. The highest BCUT2D eigenvalue weighted by Gasteiger charge is 2.36. The largest absolute Gasteiger partial charge is 0.488 e. The predicted octanol–water partition coefficient (Wildman–Crippen LogP) is 4.38. The van der Waals surface area contributed by atoms with E-state index in [2.05, 4.69) is 10.2 Å². The number of rotatable bonds is 7. The van der Waals surface area contributed by atoms with Crippen LogP contribution in [0.3, 0.4) is 0 Å². The number of hydrogen-bond donors (Lipinski definition) is 1. The van der Waals surface area contributed by atoms with E-state index in [9.17, 15) is 4.79 Å². The van der Waals surface area contributed by atoms with Gasteiger partial charge in [0, 0.05) is 24.3 Å². The number of benzene rings is 2. The summed E-state index contributed by atoms with van der Waals surface area (Å²) in [7, 11) is 0. The SMILES string of the molecule is CCOc1c(C2OC(C)O2)nc(-c2ccc(OC(=O)Nc3ccccc3)cc2)nc1N1CCOCC1. The van der Waals surface area contributed by atoms with Crippen LogP contribution in [0.5, 0.6) is 11.5 Å². The summed E-state index contributed by atoms with van der Waals surface area (Å²) in [6, 6.07) is 16.1. The topological polar surface area (TPSA) is 104 Å². The zero-order valence-electron chi connectivity index (χ0n) is 20.2. The van der Waals surface area contributed by atoms with Crippen LogP contribution >= 0.6 is 0 Å². The first kappa shape index (κ1) is 24.0. The Morgan fingerprint density at radius 2 is 1.78 bits per heavy atom. The van der Waals surface area contributed by atoms with E-state index in [-0.39, 0.29) is 6.29 Å². The number of amides is 1. The van der Waals surface area contributed by atoms with Gasteiger partial charge in [-0.1, -0.05) is 18.2 Å². The van der Waals surface area contributed by atoms with E-state index in [0.717, 1.165) is 5.56 Å². The van der Waals surface area contributed by atoms with Gasteiger partial charge in [0.1, 0.15) is 11.4 Å². The third kappa shape index (κ3) is 5.40. The standard InChI is InChI=1S/C26H28N4O6/c1-3-33-22-21(25-34-17(2)35-25)28-23(29-24(22)30-13-15-32-16-14-30)18-9-11-20(12-10-18)36-26(31)27-19-7-5-4-6-8-19/h4-12,17,25H,3,13-16H2,1-2H3,(H,27,31). The molecule has 0 atom stereocenters. The number of nitrogens with one attached hydrogen (secondary N) is 1. The third-order valence-corrected chi connectivity index (χ3v) is 5.67. The molecule has 0 bridgehead atoms. The van der Waals surface area contributed by atoms with Gasteiger partial charge in [-0.2, -0.15) is 0 Å². The van der Waals surface area contributed by atoms with Gasteiger partial charge in [-0.3, -0.25) is 5.32 Å². The average molecular weight is 493 g/mol. The minimum atomic E-state index is -0.632. The average Bonchev–Trinajstić information content (AvgIpc) is 2.89. The van der Waals surface area contributed by atoms with Crippen molar-refractivity contribution in [2.24, 2.45) is 0 Å². The predicted molar refractivity (Wildman–Crippen MR) is 132 cm³/mol. The molecule has 0 aliphatic carbocycles. The summed E-state index contributed by atoms with van der Waals surface area (Å²) < 4.78 is 28.4. The first-order valence-electron chi connectivity index (χ1n) is 11.9. The van der Waals surface area contributed by atoms with Gasteiger partial charge in [-0.15, -0.1) is 0 Å². The monoisotopic (exact) mass is 492 g/mol. The van der Waals surface area contributed by atoms with Crippen LogP contribution in [0, 0.1) is 0 Å². The van der Waals surface area contributed by atoms with Gasteiger partial charge in [0.15, 0.2) is 23.7 Å². The number of aromatic nitrogens is 2. The second-order valence-corrected chi connectivity index (χ2v) is 8.19. The van der Waals surface area contributed by atoms with Crippen LogP contribution in [0.4, 0.5) is 16.3 Å². The molecule has 188 valence electrons. The molecule has 2 aliphatic rings. The minimum Gasteiger partial charge on any atom is -0.488 e. The van der Waals surface area contributed by atoms with Crippen LogP contribution in [0.15, 0.2) is 54.6 Å². The van der Waals surface area contributed by atoms with E-state index in [1.165, 1.54) is 0 Å². The van der Waals surface area contributed by atoms with Crippen molar-refractivity contribution in [2.45, 2.75) is 26.4 Å². The number of ether oxygens (including phenoxy) is 5. The van der Waals surface area contributed by atoms with Crippen LogP contribution < -0.4 is 19.7 Å². The highest BCUT2D eigenvalue weighted by atomic mass is 16.9. The Labute approximate surface area is 209 Å². The highest BCUT2D eigenvalue weighted by molar-refractivity contribution is 5.86. The van der Waals surface area contributed by atoms with Gasteiger partial charge >= 0.3 is 6.09 Å². The van der Waals surface area contributed by atoms with Gasteiger partial charge in [0.05, 0.1) is 19.8 Å². The molecule has 0 unspecified atom stereocenters. The smallest absolute Gasteiger partial charge is 0.417 e. The molecule has 3 aromatic rings. The summed E-state index contributed by atoms with van der Waals surface area (Å²) in [4.78, 5) is 24.0. The van der Waals surface area contributed by atoms with Gasteiger partial charge < -0.3 is 28.6 Å². The van der Waals surface area contributed by atoms with E-state index in [0.29, 0.717) is 67.4 Å². The molecule has 3 heterocycles. The quantitative estimate of drug-likeness (QED) is 0.514. The molecule has 1 N–H and O–H groups in total. The molecule has 10 heteroatoms. The summed E-state index contributed by atoms with van der Waals surface area (Å²) >= 11 is 0. The molecule has 1 amide bonds. The number of nitrogens with zero attached hydrogens (tertiary/aromatic N) is 3. The molecule has 1 aromatic heterocycles. The first-order chi connectivity index (χ1) is 17.6. The number of hydrogen-bond acceptors (Lipinski definition) is 9. The van der Waals surface area contributed by atoms with Crippen molar-refractivity contribution in [2.75, 3.05) is 43.1 Å². The Hall–Kier alpha value is -3.73. The minimum absolute atomic E-state index is 0.312. The van der Waals surface area contributed by atoms with Crippen molar-refractivity contribution >= 4 is 17.6 Å². The number of para-hydroxylation sites is 1. The fraction of sp³-hybridized carbons (Fsp3) is 0.346. The Bertz CT molecular complexity index is 1180. The van der Waals surface area contributed by atoms with Crippen LogP contribution in [-0.4, -0.2) is 55.3 Å². The molecule has 0 saturated carbocycles. The van der Waals surface area contributed by atoms with E-state index >= 15 is 0 Å². The lowest BCUT2D eigenvalue weighted by Crippen LogP contribution is -2.38. The molecule has 10 nitrogen and oxygen atoms in total. The molecule has 0 spiro atoms. The van der Waals surface area contributed by atoms with E-state index in [4.69, 9.17) is 33.7 Å². The zero-order chi connectivity index (χ0) is 24.9. The van der Waals surface area contributed by atoms with Crippen LogP contribution in [0.2, 0.25) is 0 Å². The second-order valence-electron chi connectivity index (χ2n) is 8.19. The van der Waals surface area contributed by atoms with Gasteiger partial charge in [-0.05, 0) is 50.2 Å². The van der Waals surface area contributed by atoms with Gasteiger partial charge in [0.25, 0.3) is 0 Å². The van der Waals surface area contributed by atoms with E-state index < -0.39 is 12.4 Å². The fourth-order valence-electron chi connectivity index (χ4n) is 3.95. The number of anilines is 2. The summed E-state index contributed by atoms with van der Waals surface area (Å²) in [5.41, 5.74) is 1.95. The van der Waals surface area contributed by atoms with Crippen molar-refractivity contribution in [3.63, 3.8) is 0 Å². The molecule has 2 saturated heterocycles. The van der Waals surface area contributed by atoms with E-state index in [1.54, 1.807) is 36.4 Å². The Morgan fingerprint density at radius 1 is 1.06 bits per heavy atom. The van der Waals surface area contributed by atoms with Crippen molar-refractivity contribution in [3.8, 4) is 22.9 Å². The highest BCUT2D eigenvalue weighted by Crippen LogP contribution is 2.41. The lowest BCUT2D eigenvalue weighted by atomic mass is 10.2. The lowest BCUT2D eigenvalue weighted by Gasteiger charge is -2.35. The van der Waals surface area contributed by atoms with Crippen molar-refractivity contribution in [3.05, 3.63) is 60.3 Å². The van der Waals surface area contributed by atoms with E-state index in [1.807, 2.05) is 32.0 Å². The molecular formula is C26H28N4O6. The summed E-state index contributed by atoms with van der Waals surface area (Å²) in [6.45, 7) is 6.76. The Balaban J connectivity index is 1.41. The van der Waals surface area contributed by atoms with Gasteiger partial charge in [-0.25, -0.2) is 14.8 Å². The molecule has 36 heavy (non-hydrogen) atoms. The molecule has 2 fully saturated rings. The van der Waals surface area contributed by atoms with Gasteiger partial charge in [0.2, 0.25) is 6.29 Å². The molecule has 0 radical (unpaired) electrons. The molecule has 2 aromatic carbocycles. The van der Waals surface area contributed by atoms with Crippen molar-refractivity contribution in [1.29, 1.82) is 0 Å². The van der Waals surface area contributed by atoms with Crippen LogP contribution in [0.25, 0.3) is 11.4 Å². The lowest BCUT2D eigenvalue weighted by molar-refractivity contribution is -0.384. The maximum atomic E-state index is 12.2. The maximum absolute atomic E-state index is 12.2. The Kier molecular flexibility index (Phi) is 7.26. The number of carbonyl (C=O) groups is 1. The maximum Gasteiger partial charge on any atom is 0.417 e. The second kappa shape index (κ2) is 10.9. The van der Waals surface area contributed by atoms with Crippen molar-refractivity contribution < 1.29 is 28.5 Å². The molecule has 5 rings (SSSR count). The van der Waals surface area contributed by atoms with Crippen molar-refractivity contribution in [1.82, 2.24) is 9.97 Å². The fourth-order valence-corrected chi connectivity index (χ4v) is 3.95. The summed E-state index contributed by atoms with van der Waals surface area (Å²) in [5, 5.41) is 2.69. The normalized spacial score (nSPS) is 19.3. The zero-order valence-corrected chi connectivity index (χ0v) is 20.2. The first-order valence-corrected chi connectivity index (χ1v) is 11.9. The summed E-state index contributed by atoms with van der Waals surface area (Å²) in [5.74, 6) is 2.11.